The molecule has 3 rings (SSSR count). The Hall–Kier alpha value is -1.95. The summed E-state index contributed by atoms with van der Waals surface area (Å²) in [5, 5.41) is 5.98. The monoisotopic (exact) mass is 303 g/mol. The molecule has 0 aliphatic carbocycles. The van der Waals surface area contributed by atoms with Gasteiger partial charge in [-0.15, -0.1) is 11.3 Å². The van der Waals surface area contributed by atoms with Crippen LogP contribution in [0.5, 0.6) is 0 Å². The van der Waals surface area contributed by atoms with Crippen molar-refractivity contribution in [2.24, 2.45) is 0 Å². The molecular formula is C15H17N3O2S. The van der Waals surface area contributed by atoms with Gasteiger partial charge in [0.1, 0.15) is 0 Å². The smallest absolute Gasteiger partial charge is 0.232 e. The van der Waals surface area contributed by atoms with E-state index in [0.29, 0.717) is 18.3 Å². The quantitative estimate of drug-likeness (QED) is 0.730. The molecule has 21 heavy (non-hydrogen) atoms. The molecule has 0 aromatic carbocycles. The minimum absolute atomic E-state index is 0.0669. The Bertz CT molecular complexity index is 852. The number of fused-ring (bicyclic) bond motifs is 1. The lowest BCUT2D eigenvalue weighted by atomic mass is 9.97. The number of nitrogens with zero attached hydrogens (tertiary/aromatic N) is 3. The first-order chi connectivity index (χ1) is 9.86. The Morgan fingerprint density at radius 2 is 2.14 bits per heavy atom. The van der Waals surface area contributed by atoms with Crippen LogP contribution in [-0.4, -0.2) is 14.7 Å². The first-order valence-electron chi connectivity index (χ1n) is 6.77. The number of thiophene rings is 1. The Balaban J connectivity index is 2.04. The van der Waals surface area contributed by atoms with Gasteiger partial charge in [0, 0.05) is 17.2 Å². The van der Waals surface area contributed by atoms with E-state index in [1.165, 1.54) is 11.3 Å². The number of pyridine rings is 1. The summed E-state index contributed by atoms with van der Waals surface area (Å²) >= 11 is 1.46. The zero-order valence-corrected chi connectivity index (χ0v) is 13.3. The van der Waals surface area contributed by atoms with Gasteiger partial charge in [-0.05, 0) is 18.4 Å². The SMILES string of the molecule is Cc1cc(=O)c2sccc2n1Cc1noc(C(C)(C)C)n1. The summed E-state index contributed by atoms with van der Waals surface area (Å²) in [4.78, 5) is 16.4. The predicted octanol–water partition coefficient (Wildman–Crippen LogP) is 3.10. The van der Waals surface area contributed by atoms with Gasteiger partial charge in [0.2, 0.25) is 5.89 Å². The van der Waals surface area contributed by atoms with E-state index in [1.807, 2.05) is 43.7 Å². The lowest BCUT2D eigenvalue weighted by Crippen LogP contribution is -2.13. The van der Waals surface area contributed by atoms with Crippen molar-refractivity contribution in [2.45, 2.75) is 39.7 Å². The van der Waals surface area contributed by atoms with Crippen LogP contribution in [-0.2, 0) is 12.0 Å². The van der Waals surface area contributed by atoms with Crippen molar-refractivity contribution in [1.82, 2.24) is 14.7 Å². The van der Waals surface area contributed by atoms with Gasteiger partial charge in [0.15, 0.2) is 11.3 Å². The Morgan fingerprint density at radius 1 is 1.38 bits per heavy atom. The summed E-state index contributed by atoms with van der Waals surface area (Å²) in [6.45, 7) is 8.52. The highest BCUT2D eigenvalue weighted by Gasteiger charge is 2.22. The molecule has 0 bridgehead atoms. The van der Waals surface area contributed by atoms with Crippen molar-refractivity contribution >= 4 is 21.6 Å². The van der Waals surface area contributed by atoms with Crippen LogP contribution < -0.4 is 5.43 Å². The fraction of sp³-hybridized carbons (Fsp3) is 0.400. The van der Waals surface area contributed by atoms with Crippen LogP contribution in [0.15, 0.2) is 26.8 Å². The number of hydrogen-bond donors (Lipinski definition) is 0. The highest BCUT2D eigenvalue weighted by atomic mass is 32.1. The fourth-order valence-electron chi connectivity index (χ4n) is 2.20. The Kier molecular flexibility index (Phi) is 3.20. The third-order valence-electron chi connectivity index (χ3n) is 3.33. The van der Waals surface area contributed by atoms with Gasteiger partial charge in [-0.3, -0.25) is 4.79 Å². The summed E-state index contributed by atoms with van der Waals surface area (Å²) in [6, 6.07) is 3.61. The zero-order valence-electron chi connectivity index (χ0n) is 12.5. The maximum Gasteiger partial charge on any atom is 0.232 e. The second kappa shape index (κ2) is 4.80. The average Bonchev–Trinajstić information content (AvgIpc) is 3.02. The van der Waals surface area contributed by atoms with Gasteiger partial charge in [-0.2, -0.15) is 4.98 Å². The van der Waals surface area contributed by atoms with Crippen LogP contribution >= 0.6 is 11.3 Å². The van der Waals surface area contributed by atoms with E-state index in [9.17, 15) is 4.79 Å². The molecule has 0 amide bonds. The molecule has 0 radical (unpaired) electrons. The normalized spacial score (nSPS) is 12.2. The number of aromatic nitrogens is 3. The third kappa shape index (κ3) is 2.51. The van der Waals surface area contributed by atoms with Crippen LogP contribution in [0.3, 0.4) is 0 Å². The topological polar surface area (TPSA) is 60.9 Å². The maximum atomic E-state index is 11.9. The van der Waals surface area contributed by atoms with E-state index >= 15 is 0 Å². The van der Waals surface area contributed by atoms with E-state index in [2.05, 4.69) is 10.1 Å². The molecule has 0 N–H and O–H groups in total. The lowest BCUT2D eigenvalue weighted by molar-refractivity contribution is 0.318. The van der Waals surface area contributed by atoms with E-state index in [-0.39, 0.29) is 10.8 Å². The highest BCUT2D eigenvalue weighted by Crippen LogP contribution is 2.22. The van der Waals surface area contributed by atoms with Gasteiger partial charge >= 0.3 is 0 Å². The summed E-state index contributed by atoms with van der Waals surface area (Å²) in [5.74, 6) is 1.25. The van der Waals surface area contributed by atoms with Crippen LogP contribution in [0.2, 0.25) is 0 Å². The lowest BCUT2D eigenvalue weighted by Gasteiger charge is -2.11. The Labute approximate surface area is 126 Å². The van der Waals surface area contributed by atoms with E-state index in [4.69, 9.17) is 4.52 Å². The van der Waals surface area contributed by atoms with Gasteiger partial charge in [0.25, 0.3) is 0 Å². The third-order valence-corrected chi connectivity index (χ3v) is 4.25. The van der Waals surface area contributed by atoms with E-state index < -0.39 is 0 Å². The molecular weight excluding hydrogens is 286 g/mol. The van der Waals surface area contributed by atoms with Gasteiger partial charge in [-0.1, -0.05) is 25.9 Å². The van der Waals surface area contributed by atoms with Gasteiger partial charge in [-0.25, -0.2) is 0 Å². The molecule has 6 heteroatoms. The van der Waals surface area contributed by atoms with Crippen LogP contribution in [0, 0.1) is 6.92 Å². The second-order valence-electron chi connectivity index (χ2n) is 6.14. The largest absolute Gasteiger partial charge is 0.339 e. The fourth-order valence-corrected chi connectivity index (χ4v) is 3.00. The van der Waals surface area contributed by atoms with Crippen LogP contribution in [0.25, 0.3) is 10.2 Å². The predicted molar refractivity (Wildman–Crippen MR) is 82.9 cm³/mol. The van der Waals surface area contributed by atoms with Crippen LogP contribution in [0.4, 0.5) is 0 Å². The maximum absolute atomic E-state index is 11.9. The molecule has 3 aromatic heterocycles. The van der Waals surface area contributed by atoms with Crippen LogP contribution in [0.1, 0.15) is 38.2 Å². The van der Waals surface area contributed by atoms with Gasteiger partial charge in [0.05, 0.1) is 16.8 Å². The van der Waals surface area contributed by atoms with E-state index in [1.54, 1.807) is 6.07 Å². The summed E-state index contributed by atoms with van der Waals surface area (Å²) in [7, 11) is 0. The molecule has 0 fully saturated rings. The molecule has 0 saturated heterocycles. The molecule has 110 valence electrons. The summed E-state index contributed by atoms with van der Waals surface area (Å²) in [5.41, 5.74) is 1.72. The van der Waals surface area contributed by atoms with Crippen molar-refractivity contribution in [3.63, 3.8) is 0 Å². The van der Waals surface area contributed by atoms with Gasteiger partial charge < -0.3 is 9.09 Å². The Morgan fingerprint density at radius 3 is 2.81 bits per heavy atom. The molecule has 0 spiro atoms. The highest BCUT2D eigenvalue weighted by molar-refractivity contribution is 7.17. The second-order valence-corrected chi connectivity index (χ2v) is 7.05. The number of aryl methyl sites for hydroxylation is 1. The van der Waals surface area contributed by atoms with Crippen molar-refractivity contribution in [3.8, 4) is 0 Å². The summed E-state index contributed by atoms with van der Waals surface area (Å²) < 4.78 is 8.14. The first-order valence-corrected chi connectivity index (χ1v) is 7.65. The van der Waals surface area contributed by atoms with Crippen molar-refractivity contribution in [1.29, 1.82) is 0 Å². The molecule has 3 heterocycles. The summed E-state index contributed by atoms with van der Waals surface area (Å²) in [6.07, 6.45) is 0. The standard InChI is InChI=1S/C15H17N3O2S/c1-9-7-11(19)13-10(5-6-21-13)18(9)8-12-16-14(20-17-12)15(2,3)4/h5-7H,8H2,1-4H3. The average molecular weight is 303 g/mol. The van der Waals surface area contributed by atoms with Crippen molar-refractivity contribution in [2.75, 3.05) is 0 Å². The molecule has 0 atom stereocenters. The molecule has 3 aromatic rings. The van der Waals surface area contributed by atoms with Crippen molar-refractivity contribution in [3.05, 3.63) is 45.1 Å². The minimum Gasteiger partial charge on any atom is -0.339 e. The van der Waals surface area contributed by atoms with Crippen molar-refractivity contribution < 1.29 is 4.52 Å². The number of hydrogen-bond acceptors (Lipinski definition) is 5. The molecule has 0 unspecified atom stereocenters. The molecule has 0 aliphatic heterocycles. The first kappa shape index (κ1) is 14.0. The number of rotatable bonds is 2. The van der Waals surface area contributed by atoms with E-state index in [0.717, 1.165) is 15.9 Å². The minimum atomic E-state index is -0.165. The molecule has 0 aliphatic rings. The zero-order chi connectivity index (χ0) is 15.2. The molecule has 5 nitrogen and oxygen atoms in total. The molecule has 0 saturated carbocycles.